The number of hydrogen-bond acceptors (Lipinski definition) is 6. The average Bonchev–Trinajstić information content (AvgIpc) is 2.80. The molecule has 2 rings (SSSR count). The largest absolute Gasteiger partial charge is 0.478 e. The minimum absolute atomic E-state index is 0.0123. The summed E-state index contributed by atoms with van der Waals surface area (Å²) >= 11 is 4.08. The molecule has 0 aliphatic rings. The van der Waals surface area contributed by atoms with E-state index in [1.165, 1.54) is 23.7 Å². The maximum absolute atomic E-state index is 12.1. The average molecular weight is 364 g/mol. The third-order valence-electron chi connectivity index (χ3n) is 2.05. The lowest BCUT2D eigenvalue weighted by Gasteiger charge is -2.07. The van der Waals surface area contributed by atoms with Gasteiger partial charge in [0.05, 0.1) is 5.56 Å². The number of sulfonamides is 1. The molecule has 0 spiro atoms. The Bertz CT molecular complexity index is 715. The Morgan fingerprint density at radius 3 is 2.68 bits per heavy atom. The third-order valence-corrected chi connectivity index (χ3v) is 5.10. The summed E-state index contributed by atoms with van der Waals surface area (Å²) in [6, 6.07) is 3.63. The Labute approximate surface area is 120 Å². The van der Waals surface area contributed by atoms with E-state index in [4.69, 9.17) is 5.11 Å². The van der Waals surface area contributed by atoms with Crippen LogP contribution in [0.4, 0.5) is 5.13 Å². The maximum atomic E-state index is 12.1. The van der Waals surface area contributed by atoms with Gasteiger partial charge in [-0.2, -0.15) is 0 Å². The maximum Gasteiger partial charge on any atom is 0.335 e. The molecular weight excluding hydrogens is 358 g/mol. The molecule has 100 valence electrons. The van der Waals surface area contributed by atoms with Crippen molar-refractivity contribution in [1.82, 2.24) is 10.2 Å². The monoisotopic (exact) mass is 363 g/mol. The molecule has 2 N–H and O–H groups in total. The van der Waals surface area contributed by atoms with Gasteiger partial charge in [-0.05, 0) is 34.1 Å². The van der Waals surface area contributed by atoms with Gasteiger partial charge in [-0.25, -0.2) is 13.2 Å². The molecule has 0 saturated heterocycles. The van der Waals surface area contributed by atoms with Gasteiger partial charge in [0.1, 0.15) is 10.4 Å². The fourth-order valence-electron chi connectivity index (χ4n) is 1.24. The number of carboxylic acids is 1. The predicted molar refractivity (Wildman–Crippen MR) is 71.8 cm³/mol. The Hall–Kier alpha value is -1.52. The summed E-state index contributed by atoms with van der Waals surface area (Å²) in [4.78, 5) is 10.7. The van der Waals surface area contributed by atoms with Gasteiger partial charge >= 0.3 is 5.97 Å². The highest BCUT2D eigenvalue weighted by Crippen LogP contribution is 2.25. The number of nitrogens with zero attached hydrogens (tertiary/aromatic N) is 2. The lowest BCUT2D eigenvalue weighted by molar-refractivity contribution is 0.0696. The van der Waals surface area contributed by atoms with Gasteiger partial charge in [0.25, 0.3) is 10.0 Å². The van der Waals surface area contributed by atoms with Crippen LogP contribution >= 0.6 is 27.3 Å². The van der Waals surface area contributed by atoms with E-state index in [2.05, 4.69) is 30.8 Å². The summed E-state index contributed by atoms with van der Waals surface area (Å²) in [5.74, 6) is -1.14. The molecule has 2 aromatic rings. The molecule has 0 unspecified atom stereocenters. The molecule has 0 atom stereocenters. The first-order valence-corrected chi connectivity index (χ1v) is 7.87. The number of rotatable bonds is 4. The van der Waals surface area contributed by atoms with E-state index in [-0.39, 0.29) is 20.1 Å². The molecule has 7 nitrogen and oxygen atoms in total. The summed E-state index contributed by atoms with van der Waals surface area (Å²) in [5.41, 5.74) is 1.38. The van der Waals surface area contributed by atoms with Crippen molar-refractivity contribution < 1.29 is 18.3 Å². The standard InChI is InChI=1S/C9H6BrN3O4S2/c10-6-3-5(8(14)15)1-2-7(6)19(16,17)13-9-12-11-4-18-9/h1-4H,(H,12,13)(H,14,15). The minimum atomic E-state index is -3.84. The minimum Gasteiger partial charge on any atom is -0.478 e. The molecule has 1 aromatic heterocycles. The van der Waals surface area contributed by atoms with E-state index in [0.717, 1.165) is 11.3 Å². The van der Waals surface area contributed by atoms with Crippen LogP contribution < -0.4 is 4.72 Å². The Kier molecular flexibility index (Phi) is 3.83. The van der Waals surface area contributed by atoms with Gasteiger partial charge in [0.2, 0.25) is 5.13 Å². The predicted octanol–water partition coefficient (Wildman–Crippen LogP) is 1.80. The Morgan fingerprint density at radius 1 is 1.42 bits per heavy atom. The van der Waals surface area contributed by atoms with E-state index < -0.39 is 16.0 Å². The zero-order chi connectivity index (χ0) is 14.0. The molecule has 0 aliphatic heterocycles. The number of carboxylic acid groups (broad SMARTS) is 1. The molecule has 0 amide bonds. The van der Waals surface area contributed by atoms with Crippen molar-refractivity contribution >= 4 is 48.4 Å². The molecule has 0 radical (unpaired) electrons. The highest BCUT2D eigenvalue weighted by molar-refractivity contribution is 9.10. The van der Waals surface area contributed by atoms with Gasteiger partial charge < -0.3 is 5.11 Å². The summed E-state index contributed by atoms with van der Waals surface area (Å²) in [5, 5.41) is 16.0. The van der Waals surface area contributed by atoms with Gasteiger partial charge in [-0.1, -0.05) is 11.3 Å². The van der Waals surface area contributed by atoms with Gasteiger partial charge in [-0.3, -0.25) is 4.72 Å². The summed E-state index contributed by atoms with van der Waals surface area (Å²) in [6.45, 7) is 0. The smallest absolute Gasteiger partial charge is 0.335 e. The van der Waals surface area contributed by atoms with Crippen LogP contribution in [0.15, 0.2) is 33.1 Å². The van der Waals surface area contributed by atoms with Crippen molar-refractivity contribution in [2.24, 2.45) is 0 Å². The summed E-state index contributed by atoms with van der Waals surface area (Å²) in [7, 11) is -3.84. The molecule has 1 aromatic carbocycles. The number of nitrogens with one attached hydrogen (secondary N) is 1. The molecule has 0 bridgehead atoms. The number of aromatic carboxylic acids is 1. The van der Waals surface area contributed by atoms with Gasteiger partial charge in [0, 0.05) is 4.47 Å². The lowest BCUT2D eigenvalue weighted by Crippen LogP contribution is -2.14. The fourth-order valence-corrected chi connectivity index (χ4v) is 4.01. The second kappa shape index (κ2) is 5.23. The first-order valence-electron chi connectivity index (χ1n) is 4.72. The van der Waals surface area contributed by atoms with Crippen molar-refractivity contribution in [3.8, 4) is 0 Å². The number of benzene rings is 1. The van der Waals surface area contributed by atoms with Crippen LogP contribution in [0.5, 0.6) is 0 Å². The number of carbonyl (C=O) groups is 1. The van der Waals surface area contributed by atoms with Gasteiger partial charge in [0.15, 0.2) is 0 Å². The molecule has 0 saturated carbocycles. The fraction of sp³-hybridized carbons (Fsp3) is 0. The van der Waals surface area contributed by atoms with Crippen molar-refractivity contribution in [3.63, 3.8) is 0 Å². The Morgan fingerprint density at radius 2 is 2.16 bits per heavy atom. The number of hydrogen-bond donors (Lipinski definition) is 2. The van der Waals surface area contributed by atoms with Crippen molar-refractivity contribution in [1.29, 1.82) is 0 Å². The quantitative estimate of drug-likeness (QED) is 0.856. The first kappa shape index (κ1) is 13.9. The highest BCUT2D eigenvalue weighted by Gasteiger charge is 2.20. The third kappa shape index (κ3) is 3.08. The summed E-state index contributed by atoms with van der Waals surface area (Å²) < 4.78 is 26.5. The van der Waals surface area contributed by atoms with E-state index in [1.807, 2.05) is 0 Å². The number of anilines is 1. The topological polar surface area (TPSA) is 109 Å². The van der Waals surface area contributed by atoms with Crippen LogP contribution in [0.3, 0.4) is 0 Å². The number of halogens is 1. The molecule has 1 heterocycles. The van der Waals surface area contributed by atoms with Crippen LogP contribution in [0, 0.1) is 0 Å². The van der Waals surface area contributed by atoms with Crippen molar-refractivity contribution in [2.75, 3.05) is 4.72 Å². The normalized spacial score (nSPS) is 11.2. The zero-order valence-corrected chi connectivity index (χ0v) is 12.3. The molecule has 19 heavy (non-hydrogen) atoms. The number of aromatic nitrogens is 2. The second-order valence-corrected chi connectivity index (χ2v) is 6.64. The van der Waals surface area contributed by atoms with Gasteiger partial charge in [-0.15, -0.1) is 10.2 Å². The van der Waals surface area contributed by atoms with E-state index in [9.17, 15) is 13.2 Å². The van der Waals surface area contributed by atoms with Crippen molar-refractivity contribution in [2.45, 2.75) is 4.90 Å². The highest BCUT2D eigenvalue weighted by atomic mass is 79.9. The molecule has 0 aliphatic carbocycles. The molecular formula is C9H6BrN3O4S2. The lowest BCUT2D eigenvalue weighted by atomic mass is 10.2. The van der Waals surface area contributed by atoms with Crippen LogP contribution in [0.1, 0.15) is 10.4 Å². The first-order chi connectivity index (χ1) is 8.90. The van der Waals surface area contributed by atoms with Crippen molar-refractivity contribution in [3.05, 3.63) is 33.7 Å². The van der Waals surface area contributed by atoms with E-state index in [1.54, 1.807) is 0 Å². The molecule has 10 heteroatoms. The summed E-state index contributed by atoms with van der Waals surface area (Å²) in [6.07, 6.45) is 0. The van der Waals surface area contributed by atoms with Crippen LogP contribution in [0.2, 0.25) is 0 Å². The SMILES string of the molecule is O=C(O)c1ccc(S(=O)(=O)Nc2nncs2)c(Br)c1. The van der Waals surface area contributed by atoms with E-state index in [0.29, 0.717) is 0 Å². The van der Waals surface area contributed by atoms with Crippen LogP contribution in [0.25, 0.3) is 0 Å². The van der Waals surface area contributed by atoms with Crippen LogP contribution in [-0.4, -0.2) is 29.7 Å². The van der Waals surface area contributed by atoms with Crippen LogP contribution in [-0.2, 0) is 10.0 Å². The second-order valence-electron chi connectivity index (χ2n) is 3.30. The zero-order valence-electron chi connectivity index (χ0n) is 9.07. The van der Waals surface area contributed by atoms with E-state index >= 15 is 0 Å². The Balaban J connectivity index is 2.38. The molecule has 0 fully saturated rings.